The number of aromatic nitrogens is 4. The monoisotopic (exact) mass is 788 g/mol. The first kappa shape index (κ1) is 38.8. The summed E-state index contributed by atoms with van der Waals surface area (Å²) in [5.74, 6) is -0.707. The molecule has 7 aromatic rings. The van der Waals surface area contributed by atoms with E-state index in [0.717, 1.165) is 33.4 Å². The van der Waals surface area contributed by atoms with Gasteiger partial charge in [-0.3, -0.25) is 0 Å². The molecule has 3 heterocycles. The number of anilines is 1. The molecule has 5 aromatic carbocycles. The van der Waals surface area contributed by atoms with Crippen LogP contribution in [0.25, 0.3) is 22.5 Å². The first-order valence-corrected chi connectivity index (χ1v) is 19.4. The number of tetrazole rings is 1. The van der Waals surface area contributed by atoms with E-state index in [9.17, 15) is 14.7 Å². The molecule has 1 aliphatic rings. The largest absolute Gasteiger partial charge is 0.519 e. The fraction of sp³-hybridized carbons (Fsp3) is 0.213. The van der Waals surface area contributed by atoms with Gasteiger partial charge in [-0.1, -0.05) is 134 Å². The first-order chi connectivity index (χ1) is 28.5. The molecule has 298 valence electrons. The van der Waals surface area contributed by atoms with Gasteiger partial charge in [0.05, 0.1) is 5.70 Å². The third kappa shape index (κ3) is 6.91. The summed E-state index contributed by atoms with van der Waals surface area (Å²) in [6, 6.07) is 46.7. The zero-order valence-corrected chi connectivity index (χ0v) is 33.4. The maximum absolute atomic E-state index is 14.0. The highest BCUT2D eigenvalue weighted by molar-refractivity contribution is 5.96. The molecular formula is C47H44N6O6. The van der Waals surface area contributed by atoms with Crippen LogP contribution in [0.3, 0.4) is 0 Å². The molecule has 0 amide bonds. The van der Waals surface area contributed by atoms with E-state index >= 15 is 0 Å². The van der Waals surface area contributed by atoms with Gasteiger partial charge in [0.15, 0.2) is 29.6 Å². The number of nitrogens with zero attached hydrogens (tertiary/aromatic N) is 5. The van der Waals surface area contributed by atoms with Gasteiger partial charge in [-0.05, 0) is 84.5 Å². The van der Waals surface area contributed by atoms with Gasteiger partial charge in [0.25, 0.3) is 0 Å². The van der Waals surface area contributed by atoms with Crippen molar-refractivity contribution in [3.63, 3.8) is 0 Å². The molecule has 0 aliphatic carbocycles. The summed E-state index contributed by atoms with van der Waals surface area (Å²) in [6.45, 7) is 8.40. The lowest BCUT2D eigenvalue weighted by molar-refractivity contribution is -0.141. The van der Waals surface area contributed by atoms with Gasteiger partial charge in [-0.15, -0.1) is 5.10 Å². The van der Waals surface area contributed by atoms with Crippen molar-refractivity contribution >= 4 is 11.7 Å². The van der Waals surface area contributed by atoms with Crippen LogP contribution in [0.2, 0.25) is 0 Å². The van der Waals surface area contributed by atoms with E-state index in [4.69, 9.17) is 23.9 Å². The van der Waals surface area contributed by atoms with Crippen molar-refractivity contribution in [2.75, 3.05) is 4.90 Å². The Balaban J connectivity index is 1.23. The van der Waals surface area contributed by atoms with Gasteiger partial charge in [0, 0.05) is 11.3 Å². The minimum absolute atomic E-state index is 0.104. The predicted octanol–water partition coefficient (Wildman–Crippen LogP) is 7.96. The number of esters is 1. The molecular weight excluding hydrogens is 745 g/mol. The number of rotatable bonds is 12. The number of carbonyl (C=O) groups excluding carboxylic acids is 1. The molecule has 8 rings (SSSR count). The highest BCUT2D eigenvalue weighted by Crippen LogP contribution is 2.45. The Morgan fingerprint density at radius 1 is 0.797 bits per heavy atom. The summed E-state index contributed by atoms with van der Waals surface area (Å²) in [5, 5.41) is 28.5. The molecule has 12 nitrogen and oxygen atoms in total. The minimum atomic E-state index is -1.44. The summed E-state index contributed by atoms with van der Waals surface area (Å²) in [7, 11) is 0. The average molecular weight is 789 g/mol. The summed E-state index contributed by atoms with van der Waals surface area (Å²) in [4.78, 5) is 27.5. The van der Waals surface area contributed by atoms with Crippen LogP contribution < -0.4 is 16.0 Å². The Morgan fingerprint density at radius 3 is 1.85 bits per heavy atom. The fourth-order valence-electron chi connectivity index (χ4n) is 7.95. The van der Waals surface area contributed by atoms with Crippen molar-refractivity contribution in [3.05, 3.63) is 190 Å². The van der Waals surface area contributed by atoms with Crippen molar-refractivity contribution in [2.45, 2.75) is 64.4 Å². The van der Waals surface area contributed by atoms with E-state index < -0.39 is 28.6 Å². The number of ether oxygens (including phenoxy) is 1. The third-order valence-electron chi connectivity index (χ3n) is 11.0. The number of nitrogens with one attached hydrogen (secondary N) is 1. The van der Waals surface area contributed by atoms with Gasteiger partial charge in [-0.25, -0.2) is 14.3 Å². The molecule has 1 unspecified atom stereocenters. The van der Waals surface area contributed by atoms with Crippen LogP contribution in [0.15, 0.2) is 165 Å². The summed E-state index contributed by atoms with van der Waals surface area (Å²) < 4.78 is 17.6. The van der Waals surface area contributed by atoms with Crippen molar-refractivity contribution in [1.29, 1.82) is 0 Å². The molecule has 0 saturated carbocycles. The number of carbonyl (C=O) groups is 1. The van der Waals surface area contributed by atoms with E-state index in [1.165, 1.54) is 0 Å². The molecule has 0 spiro atoms. The second kappa shape index (κ2) is 15.4. The lowest BCUT2D eigenvalue weighted by Gasteiger charge is -2.38. The van der Waals surface area contributed by atoms with Gasteiger partial charge < -0.3 is 28.9 Å². The van der Waals surface area contributed by atoms with Crippen LogP contribution in [0.4, 0.5) is 5.69 Å². The van der Waals surface area contributed by atoms with E-state index in [0.29, 0.717) is 23.6 Å². The van der Waals surface area contributed by atoms with Crippen molar-refractivity contribution in [1.82, 2.24) is 25.5 Å². The Bertz CT molecular complexity index is 2580. The number of benzene rings is 5. The molecule has 2 N–H and O–H groups in total. The highest BCUT2D eigenvalue weighted by Gasteiger charge is 2.48. The van der Waals surface area contributed by atoms with Crippen LogP contribution in [0.1, 0.15) is 62.3 Å². The second-order valence-corrected chi connectivity index (χ2v) is 15.2. The molecule has 1 aliphatic heterocycles. The molecule has 2 aromatic heterocycles. The van der Waals surface area contributed by atoms with Crippen molar-refractivity contribution in [3.8, 4) is 22.5 Å². The van der Waals surface area contributed by atoms with Crippen molar-refractivity contribution in [2.24, 2.45) is 0 Å². The van der Waals surface area contributed by atoms with Crippen molar-refractivity contribution < 1.29 is 23.5 Å². The maximum Gasteiger partial charge on any atom is 0.519 e. The Morgan fingerprint density at radius 2 is 1.34 bits per heavy atom. The van der Waals surface area contributed by atoms with E-state index in [1.807, 2.05) is 127 Å². The Kier molecular flexibility index (Phi) is 10.1. The topological polar surface area (TPSA) is 149 Å². The molecule has 12 heteroatoms. The average Bonchev–Trinajstić information content (AvgIpc) is 3.97. The molecule has 0 radical (unpaired) electrons. The fourth-order valence-corrected chi connectivity index (χ4v) is 7.95. The minimum Gasteiger partial charge on any atom is -0.453 e. The number of aliphatic hydroxyl groups is 1. The van der Waals surface area contributed by atoms with Crippen LogP contribution in [-0.2, 0) is 21.7 Å². The lowest BCUT2D eigenvalue weighted by atomic mass is 9.77. The normalized spacial score (nSPS) is 15.7. The van der Waals surface area contributed by atoms with Crippen LogP contribution in [0, 0.1) is 6.92 Å². The quantitative estimate of drug-likeness (QED) is 0.0918. The van der Waals surface area contributed by atoms with E-state index in [1.54, 1.807) is 20.8 Å². The Hall–Kier alpha value is -7.05. The summed E-state index contributed by atoms with van der Waals surface area (Å²) in [6.07, 6.45) is 0.554. The summed E-state index contributed by atoms with van der Waals surface area (Å²) >= 11 is 0. The molecule has 59 heavy (non-hydrogen) atoms. The standard InChI is InChI=1S/C47H44N6O6/c1-6-46(5)48-41(45(3,4)56)40(43(54)57-30-39-31(2)58-44(55)59-39)52(46)36-28-26-32(27-29-36)37-24-16-17-25-38(37)42-49-50-51-53(42)47(33-18-10-7-11-19-33,34-20-12-8-13-21-34)35-22-14-9-15-23-35/h7-29,48,56H,6,30H2,1-5H3. The van der Waals surface area contributed by atoms with Gasteiger partial charge >= 0.3 is 11.8 Å². The third-order valence-corrected chi connectivity index (χ3v) is 11.0. The van der Waals surface area contributed by atoms with Gasteiger partial charge in [-0.2, -0.15) is 0 Å². The highest BCUT2D eigenvalue weighted by atomic mass is 16.6. The lowest BCUT2D eigenvalue weighted by Crippen LogP contribution is -2.51. The van der Waals surface area contributed by atoms with E-state index in [-0.39, 0.29) is 23.8 Å². The molecule has 0 saturated heterocycles. The smallest absolute Gasteiger partial charge is 0.453 e. The number of aryl methyl sites for hydroxylation is 1. The van der Waals surface area contributed by atoms with Crippen LogP contribution in [0.5, 0.6) is 0 Å². The van der Waals surface area contributed by atoms with Gasteiger partial charge in [0.1, 0.15) is 16.8 Å². The molecule has 1 atom stereocenters. The summed E-state index contributed by atoms with van der Waals surface area (Å²) in [5.41, 5.74) is 3.48. The van der Waals surface area contributed by atoms with Gasteiger partial charge in [0.2, 0.25) is 0 Å². The maximum atomic E-state index is 14.0. The first-order valence-electron chi connectivity index (χ1n) is 19.4. The van der Waals surface area contributed by atoms with Crippen LogP contribution >= 0.6 is 0 Å². The SMILES string of the molecule is CCC1(C)NC(C(C)(C)O)=C(C(=O)OCc2oc(=O)oc2C)N1c1ccc(-c2ccccc2-c2nnnn2C(c2ccccc2)(c2ccccc2)c2ccccc2)cc1. The zero-order chi connectivity index (χ0) is 41.4. The Labute approximate surface area is 341 Å². The molecule has 0 fully saturated rings. The van der Waals surface area contributed by atoms with Crippen LogP contribution in [-0.4, -0.2) is 42.5 Å². The molecule has 0 bridgehead atoms. The van der Waals surface area contributed by atoms with E-state index in [2.05, 4.69) is 46.9 Å². The second-order valence-electron chi connectivity index (χ2n) is 15.2. The number of hydrogen-bond donors (Lipinski definition) is 2. The predicted molar refractivity (Wildman–Crippen MR) is 223 cm³/mol. The zero-order valence-electron chi connectivity index (χ0n) is 33.4. The number of hydrogen-bond acceptors (Lipinski definition) is 11.